The van der Waals surface area contributed by atoms with Crippen molar-refractivity contribution in [3.05, 3.63) is 16.1 Å². The highest BCUT2D eigenvalue weighted by molar-refractivity contribution is 7.11. The Morgan fingerprint density at radius 2 is 2.50 bits per heavy atom. The third kappa shape index (κ3) is 1.93. The minimum atomic E-state index is 0.0735. The van der Waals surface area contributed by atoms with Gasteiger partial charge in [-0.15, -0.1) is 17.3 Å². The molecule has 0 aliphatic rings. The highest BCUT2D eigenvalue weighted by Crippen LogP contribution is 2.13. The largest absolute Gasteiger partial charge is 0.292 e. The van der Waals surface area contributed by atoms with Crippen molar-refractivity contribution >= 4 is 17.1 Å². The summed E-state index contributed by atoms with van der Waals surface area (Å²) in [5.74, 6) is 5.51. The molecule has 0 bridgehead atoms. The van der Waals surface area contributed by atoms with Crippen LogP contribution in [-0.2, 0) is 0 Å². The Morgan fingerprint density at radius 3 is 3.00 bits per heavy atom. The van der Waals surface area contributed by atoms with Crippen LogP contribution in [0.1, 0.15) is 28.7 Å². The summed E-state index contributed by atoms with van der Waals surface area (Å²) in [7, 11) is 0. The standard InChI is InChI=1S/C9H9NOS/c1-3-4-5-8(11)9-7(2)10-6-12-9/h6H,5H2,1-2H3. The van der Waals surface area contributed by atoms with E-state index in [2.05, 4.69) is 16.8 Å². The number of aromatic nitrogens is 1. The van der Waals surface area contributed by atoms with Crippen LogP contribution in [-0.4, -0.2) is 10.8 Å². The van der Waals surface area contributed by atoms with Gasteiger partial charge in [-0.1, -0.05) is 5.92 Å². The Bertz CT molecular complexity index is 343. The van der Waals surface area contributed by atoms with Gasteiger partial charge in [-0.25, -0.2) is 4.98 Å². The van der Waals surface area contributed by atoms with Crippen molar-refractivity contribution in [3.8, 4) is 11.8 Å². The number of hydrogen-bond acceptors (Lipinski definition) is 3. The Hall–Kier alpha value is -1.14. The first-order chi connectivity index (χ1) is 5.75. The minimum absolute atomic E-state index is 0.0735. The van der Waals surface area contributed by atoms with Crippen LogP contribution in [0.25, 0.3) is 0 Å². The maximum atomic E-state index is 11.4. The maximum absolute atomic E-state index is 11.4. The third-order valence-electron chi connectivity index (χ3n) is 1.42. The first-order valence-electron chi connectivity index (χ1n) is 3.58. The number of thiazole rings is 1. The van der Waals surface area contributed by atoms with Crippen molar-refractivity contribution in [2.45, 2.75) is 20.3 Å². The summed E-state index contributed by atoms with van der Waals surface area (Å²) in [6.07, 6.45) is 0.305. The molecule has 0 unspecified atom stereocenters. The van der Waals surface area contributed by atoms with Crippen molar-refractivity contribution < 1.29 is 4.79 Å². The second-order valence-electron chi connectivity index (χ2n) is 2.29. The minimum Gasteiger partial charge on any atom is -0.292 e. The predicted molar refractivity (Wildman–Crippen MR) is 49.2 cm³/mol. The van der Waals surface area contributed by atoms with E-state index in [0.29, 0.717) is 6.42 Å². The lowest BCUT2D eigenvalue weighted by Gasteiger charge is -1.90. The van der Waals surface area contributed by atoms with Gasteiger partial charge in [0.05, 0.1) is 22.5 Å². The molecule has 0 fully saturated rings. The molecule has 0 aliphatic heterocycles. The number of carbonyl (C=O) groups excluding carboxylic acids is 1. The number of nitrogens with zero attached hydrogens (tertiary/aromatic N) is 1. The summed E-state index contributed by atoms with van der Waals surface area (Å²) in [6.45, 7) is 3.57. The molecule has 0 amide bonds. The zero-order chi connectivity index (χ0) is 8.97. The van der Waals surface area contributed by atoms with Crippen LogP contribution in [0.15, 0.2) is 5.51 Å². The van der Waals surface area contributed by atoms with Gasteiger partial charge in [-0.05, 0) is 13.8 Å². The van der Waals surface area contributed by atoms with Crippen LogP contribution in [0, 0.1) is 18.8 Å². The Morgan fingerprint density at radius 1 is 1.75 bits per heavy atom. The van der Waals surface area contributed by atoms with Crippen molar-refractivity contribution in [2.75, 3.05) is 0 Å². The molecule has 12 heavy (non-hydrogen) atoms. The van der Waals surface area contributed by atoms with Crippen LogP contribution in [0.5, 0.6) is 0 Å². The molecule has 3 heteroatoms. The second-order valence-corrected chi connectivity index (χ2v) is 3.15. The highest BCUT2D eigenvalue weighted by atomic mass is 32.1. The molecule has 0 spiro atoms. The van der Waals surface area contributed by atoms with Crippen molar-refractivity contribution in [1.82, 2.24) is 4.98 Å². The fourth-order valence-electron chi connectivity index (χ4n) is 0.818. The summed E-state index contributed by atoms with van der Waals surface area (Å²) < 4.78 is 0. The fraction of sp³-hybridized carbons (Fsp3) is 0.333. The quantitative estimate of drug-likeness (QED) is 0.513. The molecule has 1 rings (SSSR count). The Balaban J connectivity index is 2.76. The van der Waals surface area contributed by atoms with Crippen LogP contribution in [0.4, 0.5) is 0 Å². The van der Waals surface area contributed by atoms with Gasteiger partial charge in [0, 0.05) is 0 Å². The predicted octanol–water partition coefficient (Wildman–Crippen LogP) is 2.05. The molecule has 1 aromatic rings. The molecule has 62 valence electrons. The maximum Gasteiger partial charge on any atom is 0.186 e. The zero-order valence-corrected chi connectivity index (χ0v) is 7.86. The Kier molecular flexibility index (Phi) is 3.01. The van der Waals surface area contributed by atoms with Crippen molar-refractivity contribution in [1.29, 1.82) is 0 Å². The van der Waals surface area contributed by atoms with E-state index in [0.717, 1.165) is 10.6 Å². The van der Waals surface area contributed by atoms with E-state index in [-0.39, 0.29) is 5.78 Å². The lowest BCUT2D eigenvalue weighted by atomic mass is 10.2. The van der Waals surface area contributed by atoms with Gasteiger partial charge in [0.2, 0.25) is 0 Å². The first-order valence-corrected chi connectivity index (χ1v) is 4.46. The van der Waals surface area contributed by atoms with Gasteiger partial charge in [0.1, 0.15) is 0 Å². The number of hydrogen-bond donors (Lipinski definition) is 0. The molecule has 1 aromatic heterocycles. The average Bonchev–Trinajstić information content (AvgIpc) is 2.47. The third-order valence-corrected chi connectivity index (χ3v) is 2.39. The van der Waals surface area contributed by atoms with Crippen LogP contribution in [0.2, 0.25) is 0 Å². The van der Waals surface area contributed by atoms with Crippen LogP contribution >= 0.6 is 11.3 Å². The molecular formula is C9H9NOS. The van der Waals surface area contributed by atoms with Crippen molar-refractivity contribution in [3.63, 3.8) is 0 Å². The van der Waals surface area contributed by atoms with Gasteiger partial charge in [0.25, 0.3) is 0 Å². The zero-order valence-electron chi connectivity index (χ0n) is 7.05. The van der Waals surface area contributed by atoms with E-state index in [9.17, 15) is 4.79 Å². The molecule has 0 radical (unpaired) electrons. The lowest BCUT2D eigenvalue weighted by molar-refractivity contribution is 0.100. The lowest BCUT2D eigenvalue weighted by Crippen LogP contribution is -1.96. The molecule has 1 heterocycles. The number of Topliss-reactive ketones (excluding diaryl/α,β-unsaturated/α-hetero) is 1. The molecular weight excluding hydrogens is 170 g/mol. The molecule has 0 saturated heterocycles. The first kappa shape index (κ1) is 8.95. The van der Waals surface area contributed by atoms with E-state index in [1.165, 1.54) is 11.3 Å². The fourth-order valence-corrected chi connectivity index (χ4v) is 1.56. The van der Waals surface area contributed by atoms with E-state index >= 15 is 0 Å². The average molecular weight is 179 g/mol. The van der Waals surface area contributed by atoms with Gasteiger partial charge in [-0.2, -0.15) is 0 Å². The van der Waals surface area contributed by atoms with Crippen molar-refractivity contribution in [2.24, 2.45) is 0 Å². The summed E-state index contributed by atoms with van der Waals surface area (Å²) in [4.78, 5) is 16.1. The molecule has 0 aromatic carbocycles. The van der Waals surface area contributed by atoms with E-state index in [1.54, 1.807) is 12.4 Å². The number of aryl methyl sites for hydroxylation is 1. The molecule has 0 atom stereocenters. The molecule has 2 nitrogen and oxygen atoms in total. The number of carbonyl (C=O) groups is 1. The van der Waals surface area contributed by atoms with E-state index in [4.69, 9.17) is 0 Å². The normalized spacial score (nSPS) is 8.83. The Labute approximate surface area is 75.6 Å². The van der Waals surface area contributed by atoms with E-state index in [1.807, 2.05) is 6.92 Å². The molecule has 0 aliphatic carbocycles. The van der Waals surface area contributed by atoms with Gasteiger partial charge in [-0.3, -0.25) is 4.79 Å². The summed E-state index contributed by atoms with van der Waals surface area (Å²) in [5.41, 5.74) is 2.49. The SMILES string of the molecule is CC#CCC(=O)c1scnc1C. The summed E-state index contributed by atoms with van der Waals surface area (Å²) in [5, 5.41) is 0. The number of ketones is 1. The topological polar surface area (TPSA) is 30.0 Å². The summed E-state index contributed by atoms with van der Waals surface area (Å²) >= 11 is 1.38. The smallest absolute Gasteiger partial charge is 0.186 e. The monoisotopic (exact) mass is 179 g/mol. The van der Waals surface area contributed by atoms with Gasteiger partial charge in [0.15, 0.2) is 5.78 Å². The van der Waals surface area contributed by atoms with E-state index < -0.39 is 0 Å². The molecule has 0 N–H and O–H groups in total. The van der Waals surface area contributed by atoms with Crippen LogP contribution in [0.3, 0.4) is 0 Å². The number of rotatable bonds is 2. The van der Waals surface area contributed by atoms with Crippen LogP contribution < -0.4 is 0 Å². The summed E-state index contributed by atoms with van der Waals surface area (Å²) in [6, 6.07) is 0. The van der Waals surface area contributed by atoms with Gasteiger partial charge >= 0.3 is 0 Å². The second kappa shape index (κ2) is 4.03. The van der Waals surface area contributed by atoms with Gasteiger partial charge < -0.3 is 0 Å². The molecule has 0 saturated carbocycles. The highest BCUT2D eigenvalue weighted by Gasteiger charge is 2.09.